The van der Waals surface area contributed by atoms with Crippen LogP contribution < -0.4 is 10.6 Å². The molecule has 144 valence electrons. The van der Waals surface area contributed by atoms with Gasteiger partial charge in [-0.1, -0.05) is 30.6 Å². The number of anilines is 1. The zero-order chi connectivity index (χ0) is 18.6. The molecule has 4 rings (SSSR count). The summed E-state index contributed by atoms with van der Waals surface area (Å²) in [6.07, 6.45) is 6.95. The Bertz CT molecular complexity index is 812. The molecule has 3 amide bonds. The molecule has 2 aromatic rings. The van der Waals surface area contributed by atoms with E-state index in [0.29, 0.717) is 24.1 Å². The summed E-state index contributed by atoms with van der Waals surface area (Å²) in [5.41, 5.74) is 1.22. The van der Waals surface area contributed by atoms with Gasteiger partial charge in [0.1, 0.15) is 5.01 Å². The van der Waals surface area contributed by atoms with E-state index in [1.807, 2.05) is 0 Å². The van der Waals surface area contributed by atoms with Gasteiger partial charge in [-0.15, -0.1) is 21.5 Å². The van der Waals surface area contributed by atoms with Gasteiger partial charge in [0.15, 0.2) is 0 Å². The summed E-state index contributed by atoms with van der Waals surface area (Å²) in [4.78, 5) is 27.6. The molecule has 7 nitrogen and oxygen atoms in total. The van der Waals surface area contributed by atoms with E-state index < -0.39 is 6.03 Å². The first-order chi connectivity index (χ1) is 13.2. The van der Waals surface area contributed by atoms with E-state index in [2.05, 4.69) is 32.3 Å². The molecule has 1 aliphatic heterocycles. The summed E-state index contributed by atoms with van der Waals surface area (Å²) in [5.74, 6) is 0.402. The van der Waals surface area contributed by atoms with Crippen LogP contribution in [0.4, 0.5) is 9.93 Å². The highest BCUT2D eigenvalue weighted by Gasteiger charge is 2.22. The van der Waals surface area contributed by atoms with Crippen molar-refractivity contribution in [2.45, 2.75) is 51.0 Å². The molecule has 0 aromatic carbocycles. The van der Waals surface area contributed by atoms with Crippen LogP contribution in [0, 0.1) is 0 Å². The lowest BCUT2D eigenvalue weighted by molar-refractivity contribution is -0.130. The molecule has 2 N–H and O–H groups in total. The number of hydrogen-bond acceptors (Lipinski definition) is 6. The third kappa shape index (κ3) is 4.47. The molecule has 3 heterocycles. The van der Waals surface area contributed by atoms with Crippen LogP contribution in [0.5, 0.6) is 0 Å². The van der Waals surface area contributed by atoms with Crippen LogP contribution in [-0.4, -0.2) is 40.1 Å². The largest absolute Gasteiger partial charge is 0.336 e. The lowest BCUT2D eigenvalue weighted by atomic mass is 9.90. The topological polar surface area (TPSA) is 87.2 Å². The molecule has 1 fully saturated rings. The second-order valence-corrected chi connectivity index (χ2v) is 9.03. The molecule has 0 atom stereocenters. The van der Waals surface area contributed by atoms with E-state index in [0.717, 1.165) is 24.3 Å². The Labute approximate surface area is 166 Å². The van der Waals surface area contributed by atoms with Crippen molar-refractivity contribution in [2.75, 3.05) is 18.4 Å². The predicted molar refractivity (Wildman–Crippen MR) is 106 cm³/mol. The molecule has 1 saturated carbocycles. The molecule has 2 aliphatic rings. The van der Waals surface area contributed by atoms with E-state index in [1.165, 1.54) is 41.0 Å². The van der Waals surface area contributed by atoms with E-state index >= 15 is 0 Å². The van der Waals surface area contributed by atoms with Crippen molar-refractivity contribution in [1.29, 1.82) is 0 Å². The quantitative estimate of drug-likeness (QED) is 0.817. The van der Waals surface area contributed by atoms with Crippen molar-refractivity contribution < 1.29 is 9.59 Å². The van der Waals surface area contributed by atoms with Crippen molar-refractivity contribution in [3.05, 3.63) is 26.9 Å². The average Bonchev–Trinajstić information content (AvgIpc) is 3.35. The van der Waals surface area contributed by atoms with E-state index in [-0.39, 0.29) is 12.5 Å². The van der Waals surface area contributed by atoms with E-state index in [1.54, 1.807) is 16.2 Å². The molecule has 0 spiro atoms. The first-order valence-electron chi connectivity index (χ1n) is 9.40. The molecular formula is C18H23N5O2S2. The molecule has 2 aromatic heterocycles. The number of hydrogen-bond donors (Lipinski definition) is 2. The summed E-state index contributed by atoms with van der Waals surface area (Å²) >= 11 is 3.18. The highest BCUT2D eigenvalue weighted by atomic mass is 32.1. The number of thiophene rings is 1. The number of aromatic nitrogens is 2. The summed E-state index contributed by atoms with van der Waals surface area (Å²) in [6.45, 7) is 1.32. The molecule has 0 bridgehead atoms. The van der Waals surface area contributed by atoms with Gasteiger partial charge in [-0.25, -0.2) is 4.79 Å². The third-order valence-corrected chi connectivity index (χ3v) is 7.20. The van der Waals surface area contributed by atoms with Crippen LogP contribution >= 0.6 is 22.7 Å². The minimum Gasteiger partial charge on any atom is -0.336 e. The molecule has 9 heteroatoms. The minimum atomic E-state index is -0.414. The Kier molecular flexibility index (Phi) is 5.68. The monoisotopic (exact) mass is 405 g/mol. The third-order valence-electron chi connectivity index (χ3n) is 5.18. The van der Waals surface area contributed by atoms with Gasteiger partial charge >= 0.3 is 6.03 Å². The second-order valence-electron chi connectivity index (χ2n) is 7.02. The normalized spacial score (nSPS) is 17.4. The summed E-state index contributed by atoms with van der Waals surface area (Å²) in [5, 5.41) is 17.2. The van der Waals surface area contributed by atoms with Crippen molar-refractivity contribution >= 4 is 39.7 Å². The van der Waals surface area contributed by atoms with Crippen molar-refractivity contribution in [3.8, 4) is 0 Å². The smallest absolute Gasteiger partial charge is 0.321 e. The number of rotatable bonds is 4. The molecule has 0 saturated heterocycles. The van der Waals surface area contributed by atoms with Crippen LogP contribution in [0.1, 0.15) is 53.5 Å². The lowest BCUT2D eigenvalue weighted by Crippen LogP contribution is -2.43. The number of urea groups is 1. The number of amides is 3. The first kappa shape index (κ1) is 18.4. The van der Waals surface area contributed by atoms with Crippen molar-refractivity contribution in [3.63, 3.8) is 0 Å². The highest BCUT2D eigenvalue weighted by molar-refractivity contribution is 7.15. The van der Waals surface area contributed by atoms with Gasteiger partial charge in [-0.05, 0) is 36.3 Å². The number of carbonyl (C=O) groups is 2. The summed E-state index contributed by atoms with van der Waals surface area (Å²) in [6, 6.07) is 1.65. The second kappa shape index (κ2) is 8.35. The van der Waals surface area contributed by atoms with Crippen molar-refractivity contribution in [2.24, 2.45) is 0 Å². The maximum Gasteiger partial charge on any atom is 0.321 e. The highest BCUT2D eigenvalue weighted by Crippen LogP contribution is 2.35. The van der Waals surface area contributed by atoms with Gasteiger partial charge in [-0.2, -0.15) is 0 Å². The summed E-state index contributed by atoms with van der Waals surface area (Å²) in [7, 11) is 0. The molecule has 0 unspecified atom stereocenters. The van der Waals surface area contributed by atoms with Crippen LogP contribution in [0.3, 0.4) is 0 Å². The number of nitrogens with one attached hydrogen (secondary N) is 2. The van der Waals surface area contributed by atoms with Gasteiger partial charge in [0.25, 0.3) is 0 Å². The fraction of sp³-hybridized carbons (Fsp3) is 0.556. The number of fused-ring (bicyclic) bond motifs is 1. The minimum absolute atomic E-state index is 0.0143. The Hall–Kier alpha value is -2.00. The van der Waals surface area contributed by atoms with Gasteiger partial charge in [0.2, 0.25) is 11.0 Å². The van der Waals surface area contributed by atoms with Gasteiger partial charge in [-0.3, -0.25) is 10.1 Å². The van der Waals surface area contributed by atoms with Crippen LogP contribution in [0.25, 0.3) is 0 Å². The van der Waals surface area contributed by atoms with Crippen molar-refractivity contribution in [1.82, 2.24) is 20.4 Å². The first-order valence-corrected chi connectivity index (χ1v) is 11.1. The molecule has 0 radical (unpaired) electrons. The molecule has 1 aliphatic carbocycles. The van der Waals surface area contributed by atoms with Gasteiger partial charge in [0.05, 0.1) is 6.54 Å². The fourth-order valence-corrected chi connectivity index (χ4v) is 5.47. The molecular weight excluding hydrogens is 382 g/mol. The van der Waals surface area contributed by atoms with Crippen LogP contribution in [-0.2, 0) is 17.8 Å². The van der Waals surface area contributed by atoms with E-state index in [9.17, 15) is 9.59 Å². The van der Waals surface area contributed by atoms with Gasteiger partial charge in [0, 0.05) is 23.9 Å². The fourth-order valence-electron chi connectivity index (χ4n) is 3.67. The Morgan fingerprint density at radius 1 is 1.22 bits per heavy atom. The average molecular weight is 406 g/mol. The van der Waals surface area contributed by atoms with Crippen LogP contribution in [0.15, 0.2) is 11.4 Å². The number of carbonyl (C=O) groups excluding carboxylic acids is 2. The Morgan fingerprint density at radius 3 is 2.93 bits per heavy atom. The van der Waals surface area contributed by atoms with E-state index in [4.69, 9.17) is 0 Å². The standard InChI is InChI=1S/C18H23N5O2S2/c24-15(23-8-6-14-13(11-23)7-9-26-14)10-19-17(25)20-18-22-21-16(27-18)12-4-2-1-3-5-12/h7,9,12H,1-6,8,10-11H2,(H2,19,20,22,25). The maximum absolute atomic E-state index is 12.4. The molecule has 27 heavy (non-hydrogen) atoms. The van der Waals surface area contributed by atoms with Gasteiger partial charge < -0.3 is 10.2 Å². The zero-order valence-electron chi connectivity index (χ0n) is 15.1. The maximum atomic E-state index is 12.4. The Morgan fingerprint density at radius 2 is 2.07 bits per heavy atom. The SMILES string of the molecule is O=C(NCC(=O)N1CCc2sccc2C1)Nc1nnc(C2CCCCC2)s1. The number of nitrogens with zero attached hydrogens (tertiary/aromatic N) is 3. The van der Waals surface area contributed by atoms with Crippen LogP contribution in [0.2, 0.25) is 0 Å². The zero-order valence-corrected chi connectivity index (χ0v) is 16.7. The Balaban J connectivity index is 1.24. The lowest BCUT2D eigenvalue weighted by Gasteiger charge is -2.27. The predicted octanol–water partition coefficient (Wildman–Crippen LogP) is 3.35. The summed E-state index contributed by atoms with van der Waals surface area (Å²) < 4.78 is 0.